The van der Waals surface area contributed by atoms with Crippen LogP contribution in [0.15, 0.2) is 0 Å². The summed E-state index contributed by atoms with van der Waals surface area (Å²) < 4.78 is 10.3. The first-order valence-electron chi connectivity index (χ1n) is 4.84. The molecule has 0 spiro atoms. The highest BCUT2D eigenvalue weighted by atomic mass is 16.7. The molecule has 1 fully saturated rings. The summed E-state index contributed by atoms with van der Waals surface area (Å²) in [6, 6.07) is 0.466. The van der Waals surface area contributed by atoms with Gasteiger partial charge in [0.25, 0.3) is 0 Å². The molecular formula is C9H19NO3. The second-order valence-corrected chi connectivity index (χ2v) is 3.20. The molecule has 1 aliphatic carbocycles. The molecule has 1 aliphatic rings. The molecular weight excluding hydrogens is 170 g/mol. The van der Waals surface area contributed by atoms with Crippen molar-refractivity contribution in [1.29, 1.82) is 0 Å². The second kappa shape index (κ2) is 6.32. The lowest BCUT2D eigenvalue weighted by atomic mass is 9.90. The van der Waals surface area contributed by atoms with E-state index in [2.05, 4.69) is 5.48 Å². The lowest BCUT2D eigenvalue weighted by Gasteiger charge is -2.34. The van der Waals surface area contributed by atoms with Crippen molar-refractivity contribution in [2.75, 3.05) is 26.9 Å². The molecule has 0 aromatic carbocycles. The summed E-state index contributed by atoms with van der Waals surface area (Å²) in [4.78, 5) is 5.17. The number of rotatable bonds is 7. The molecule has 0 heterocycles. The van der Waals surface area contributed by atoms with Crippen LogP contribution < -0.4 is 5.48 Å². The van der Waals surface area contributed by atoms with Gasteiger partial charge in [-0.15, -0.1) is 0 Å². The summed E-state index contributed by atoms with van der Waals surface area (Å²) >= 11 is 0. The normalized spacial score (nSPS) is 27.2. The zero-order valence-electron chi connectivity index (χ0n) is 8.41. The van der Waals surface area contributed by atoms with Crippen LogP contribution in [0, 0.1) is 0 Å². The summed E-state index contributed by atoms with van der Waals surface area (Å²) in [6.07, 6.45) is 2.55. The maximum Gasteiger partial charge on any atom is 0.0915 e. The van der Waals surface area contributed by atoms with E-state index in [1.54, 1.807) is 7.11 Å². The van der Waals surface area contributed by atoms with E-state index in [0.29, 0.717) is 25.4 Å². The van der Waals surface area contributed by atoms with Crippen LogP contribution in [0.3, 0.4) is 0 Å². The minimum atomic E-state index is 0.438. The number of hydroxylamine groups is 1. The lowest BCUT2D eigenvalue weighted by Crippen LogP contribution is -2.45. The minimum Gasteiger partial charge on any atom is -0.382 e. The fraction of sp³-hybridized carbons (Fsp3) is 1.00. The number of hydrogen-bond donors (Lipinski definition) is 1. The van der Waals surface area contributed by atoms with Crippen molar-refractivity contribution in [1.82, 2.24) is 5.48 Å². The Kier molecular flexibility index (Phi) is 5.31. The molecule has 1 saturated carbocycles. The summed E-state index contributed by atoms with van der Waals surface area (Å²) in [7, 11) is 1.66. The molecule has 0 radical (unpaired) electrons. The Morgan fingerprint density at radius 3 is 2.69 bits per heavy atom. The monoisotopic (exact) mass is 189 g/mol. The van der Waals surface area contributed by atoms with Crippen LogP contribution in [-0.4, -0.2) is 39.1 Å². The van der Waals surface area contributed by atoms with Crippen LogP contribution in [0.2, 0.25) is 0 Å². The highest BCUT2D eigenvalue weighted by Crippen LogP contribution is 2.22. The zero-order chi connectivity index (χ0) is 9.52. The van der Waals surface area contributed by atoms with E-state index in [4.69, 9.17) is 14.3 Å². The van der Waals surface area contributed by atoms with Gasteiger partial charge in [-0.2, -0.15) is 5.48 Å². The Bertz CT molecular complexity index is 126. The Morgan fingerprint density at radius 1 is 1.31 bits per heavy atom. The highest BCUT2D eigenvalue weighted by molar-refractivity contribution is 4.83. The van der Waals surface area contributed by atoms with E-state index in [1.807, 2.05) is 6.92 Å². The lowest BCUT2D eigenvalue weighted by molar-refractivity contribution is -0.0773. The van der Waals surface area contributed by atoms with Gasteiger partial charge >= 0.3 is 0 Å². The fourth-order valence-electron chi connectivity index (χ4n) is 1.34. The molecule has 0 atom stereocenters. The van der Waals surface area contributed by atoms with Crippen LogP contribution >= 0.6 is 0 Å². The van der Waals surface area contributed by atoms with Crippen LogP contribution in [0.5, 0.6) is 0 Å². The van der Waals surface area contributed by atoms with E-state index >= 15 is 0 Å². The molecule has 0 unspecified atom stereocenters. The van der Waals surface area contributed by atoms with Crippen molar-refractivity contribution in [2.24, 2.45) is 0 Å². The number of methoxy groups -OCH3 is 1. The smallest absolute Gasteiger partial charge is 0.0915 e. The van der Waals surface area contributed by atoms with Crippen molar-refractivity contribution in [3.63, 3.8) is 0 Å². The first kappa shape index (κ1) is 10.9. The quantitative estimate of drug-likeness (QED) is 0.473. The Balaban J connectivity index is 1.84. The first-order chi connectivity index (χ1) is 6.36. The van der Waals surface area contributed by atoms with E-state index in [1.165, 1.54) is 0 Å². The molecule has 4 nitrogen and oxygen atoms in total. The molecule has 1 rings (SSSR count). The van der Waals surface area contributed by atoms with Gasteiger partial charge in [0.05, 0.1) is 19.3 Å². The second-order valence-electron chi connectivity index (χ2n) is 3.20. The third-order valence-electron chi connectivity index (χ3n) is 2.14. The third-order valence-corrected chi connectivity index (χ3v) is 2.14. The van der Waals surface area contributed by atoms with Crippen LogP contribution in [-0.2, 0) is 14.3 Å². The van der Waals surface area contributed by atoms with E-state index in [-0.39, 0.29) is 0 Å². The molecule has 78 valence electrons. The van der Waals surface area contributed by atoms with Crippen LogP contribution in [0.25, 0.3) is 0 Å². The molecule has 0 aromatic rings. The average molecular weight is 189 g/mol. The van der Waals surface area contributed by atoms with Gasteiger partial charge in [-0.25, -0.2) is 0 Å². The molecule has 0 amide bonds. The van der Waals surface area contributed by atoms with Crippen molar-refractivity contribution in [3.05, 3.63) is 0 Å². The molecule has 0 aromatic heterocycles. The third kappa shape index (κ3) is 4.04. The predicted octanol–water partition coefficient (Wildman–Crippen LogP) is 0.721. The molecule has 13 heavy (non-hydrogen) atoms. The standard InChI is InChI=1S/C9H19NO3/c1-3-12-9-6-8(7-9)10-13-5-4-11-2/h8-10H,3-7H2,1-2H3. The van der Waals surface area contributed by atoms with Crippen LogP contribution in [0.1, 0.15) is 19.8 Å². The fourth-order valence-corrected chi connectivity index (χ4v) is 1.34. The maximum atomic E-state index is 5.42. The Morgan fingerprint density at radius 2 is 2.08 bits per heavy atom. The van der Waals surface area contributed by atoms with Gasteiger partial charge in [-0.3, -0.25) is 4.84 Å². The van der Waals surface area contributed by atoms with Gasteiger partial charge in [0.15, 0.2) is 0 Å². The largest absolute Gasteiger partial charge is 0.382 e. The van der Waals surface area contributed by atoms with Crippen LogP contribution in [0.4, 0.5) is 0 Å². The Hall–Kier alpha value is -0.160. The van der Waals surface area contributed by atoms with Crippen molar-refractivity contribution in [2.45, 2.75) is 31.9 Å². The maximum absolute atomic E-state index is 5.42. The van der Waals surface area contributed by atoms with E-state index in [0.717, 1.165) is 19.4 Å². The molecule has 0 saturated heterocycles. The van der Waals surface area contributed by atoms with Gasteiger partial charge in [0.1, 0.15) is 0 Å². The minimum absolute atomic E-state index is 0.438. The number of ether oxygens (including phenoxy) is 2. The molecule has 1 N–H and O–H groups in total. The summed E-state index contributed by atoms with van der Waals surface area (Å²) in [5.41, 5.74) is 2.98. The molecule has 4 heteroatoms. The average Bonchev–Trinajstić information content (AvgIpc) is 2.07. The SMILES string of the molecule is CCOC1CC(NOCCOC)C1. The molecule has 0 aliphatic heterocycles. The van der Waals surface area contributed by atoms with Gasteiger partial charge in [0.2, 0.25) is 0 Å². The zero-order valence-corrected chi connectivity index (χ0v) is 8.41. The highest BCUT2D eigenvalue weighted by Gasteiger charge is 2.29. The van der Waals surface area contributed by atoms with E-state index < -0.39 is 0 Å². The summed E-state index contributed by atoms with van der Waals surface area (Å²) in [5.74, 6) is 0. The van der Waals surface area contributed by atoms with Crippen molar-refractivity contribution < 1.29 is 14.3 Å². The summed E-state index contributed by atoms with van der Waals surface area (Å²) in [6.45, 7) is 4.07. The molecule has 0 bridgehead atoms. The number of hydrogen-bond acceptors (Lipinski definition) is 4. The van der Waals surface area contributed by atoms with Gasteiger partial charge in [-0.05, 0) is 19.8 Å². The van der Waals surface area contributed by atoms with Crippen molar-refractivity contribution in [3.8, 4) is 0 Å². The Labute approximate surface area is 79.5 Å². The van der Waals surface area contributed by atoms with Gasteiger partial charge in [-0.1, -0.05) is 0 Å². The topological polar surface area (TPSA) is 39.7 Å². The predicted molar refractivity (Wildman–Crippen MR) is 49.4 cm³/mol. The van der Waals surface area contributed by atoms with Crippen molar-refractivity contribution >= 4 is 0 Å². The van der Waals surface area contributed by atoms with E-state index in [9.17, 15) is 0 Å². The number of nitrogens with one attached hydrogen (secondary N) is 1. The van der Waals surface area contributed by atoms with Gasteiger partial charge in [0, 0.05) is 19.8 Å². The van der Waals surface area contributed by atoms with Gasteiger partial charge < -0.3 is 9.47 Å². The first-order valence-corrected chi connectivity index (χ1v) is 4.84. The summed E-state index contributed by atoms with van der Waals surface area (Å²) in [5, 5.41) is 0.